The Morgan fingerprint density at radius 1 is 1.29 bits per heavy atom. The summed E-state index contributed by atoms with van der Waals surface area (Å²) in [6, 6.07) is 1.97. The van der Waals surface area contributed by atoms with E-state index >= 15 is 0 Å². The van der Waals surface area contributed by atoms with E-state index in [9.17, 15) is 0 Å². The molecule has 2 aromatic heterocycles. The number of nitrogens with zero attached hydrogens (tertiary/aromatic N) is 2. The van der Waals surface area contributed by atoms with E-state index in [1.165, 1.54) is 5.56 Å². The van der Waals surface area contributed by atoms with Crippen LogP contribution in [0.3, 0.4) is 0 Å². The molecule has 1 atom stereocenters. The quantitative estimate of drug-likeness (QED) is 0.778. The lowest BCUT2D eigenvalue weighted by Crippen LogP contribution is -2.09. The van der Waals surface area contributed by atoms with Gasteiger partial charge >= 0.3 is 0 Å². The van der Waals surface area contributed by atoms with Crippen LogP contribution >= 0.6 is 0 Å². The second kappa shape index (κ2) is 3.72. The maximum Gasteiger partial charge on any atom is 0.0350 e. The van der Waals surface area contributed by atoms with E-state index in [1.807, 2.05) is 24.7 Å². The predicted octanol–water partition coefficient (Wildman–Crippen LogP) is 1.69. The first-order valence-corrected chi connectivity index (χ1v) is 4.70. The maximum atomic E-state index is 5.65. The Hall–Kier alpha value is -1.48. The molecule has 0 fully saturated rings. The van der Waals surface area contributed by atoms with Crippen molar-refractivity contribution in [2.45, 2.75) is 12.8 Å². The van der Waals surface area contributed by atoms with Crippen LogP contribution in [0.5, 0.6) is 0 Å². The molecule has 0 amide bonds. The topological polar surface area (TPSA) is 51.8 Å². The van der Waals surface area contributed by atoms with Gasteiger partial charge in [-0.15, -0.1) is 0 Å². The Bertz CT molecular complexity index is 434. The Labute approximate surface area is 83.0 Å². The normalized spacial score (nSPS) is 13.0. The van der Waals surface area contributed by atoms with Gasteiger partial charge in [-0.3, -0.25) is 9.97 Å². The summed E-state index contributed by atoms with van der Waals surface area (Å²) in [5.74, 6) is 0.329. The molecule has 1 unspecified atom stereocenters. The molecule has 0 aliphatic carbocycles. The molecule has 72 valence electrons. The van der Waals surface area contributed by atoms with Gasteiger partial charge in [-0.05, 0) is 24.1 Å². The standard InChI is InChI=1S/C11H13N3/c1-8(4-12)10-6-14-5-9-2-3-13-7-11(9)10/h2-3,5-8H,4,12H2,1H3. The number of hydrogen-bond donors (Lipinski definition) is 1. The zero-order valence-corrected chi connectivity index (χ0v) is 8.14. The van der Waals surface area contributed by atoms with E-state index in [0.29, 0.717) is 12.5 Å². The van der Waals surface area contributed by atoms with Crippen molar-refractivity contribution in [2.75, 3.05) is 6.54 Å². The highest BCUT2D eigenvalue weighted by molar-refractivity contribution is 5.84. The minimum absolute atomic E-state index is 0.329. The zero-order chi connectivity index (χ0) is 9.97. The minimum atomic E-state index is 0.329. The molecular formula is C11H13N3. The summed E-state index contributed by atoms with van der Waals surface area (Å²) in [5, 5.41) is 2.28. The molecule has 14 heavy (non-hydrogen) atoms. The molecule has 0 bridgehead atoms. The van der Waals surface area contributed by atoms with Gasteiger partial charge in [0.15, 0.2) is 0 Å². The average molecular weight is 187 g/mol. The van der Waals surface area contributed by atoms with Gasteiger partial charge in [-0.1, -0.05) is 6.92 Å². The zero-order valence-electron chi connectivity index (χ0n) is 8.14. The molecule has 0 saturated heterocycles. The number of nitrogens with two attached hydrogens (primary N) is 1. The van der Waals surface area contributed by atoms with Crippen LogP contribution in [0.4, 0.5) is 0 Å². The van der Waals surface area contributed by atoms with E-state index in [-0.39, 0.29) is 0 Å². The van der Waals surface area contributed by atoms with E-state index in [2.05, 4.69) is 16.9 Å². The van der Waals surface area contributed by atoms with Gasteiger partial charge in [0.05, 0.1) is 0 Å². The summed E-state index contributed by atoms with van der Waals surface area (Å²) < 4.78 is 0. The van der Waals surface area contributed by atoms with Crippen molar-refractivity contribution >= 4 is 10.8 Å². The van der Waals surface area contributed by atoms with Crippen molar-refractivity contribution in [2.24, 2.45) is 5.73 Å². The molecule has 2 heterocycles. The van der Waals surface area contributed by atoms with Crippen LogP contribution in [-0.2, 0) is 0 Å². The molecule has 2 N–H and O–H groups in total. The van der Waals surface area contributed by atoms with Crippen molar-refractivity contribution in [3.05, 3.63) is 36.4 Å². The molecule has 0 saturated carbocycles. The Morgan fingerprint density at radius 3 is 2.93 bits per heavy atom. The molecule has 0 aromatic carbocycles. The van der Waals surface area contributed by atoms with Gasteiger partial charge in [-0.25, -0.2) is 0 Å². The monoisotopic (exact) mass is 187 g/mol. The minimum Gasteiger partial charge on any atom is -0.330 e. The first-order valence-electron chi connectivity index (χ1n) is 4.70. The van der Waals surface area contributed by atoms with Crippen molar-refractivity contribution < 1.29 is 0 Å². The van der Waals surface area contributed by atoms with Crippen LogP contribution in [0.15, 0.2) is 30.9 Å². The second-order valence-corrected chi connectivity index (χ2v) is 3.46. The summed E-state index contributed by atoms with van der Waals surface area (Å²) in [6.07, 6.45) is 7.38. The average Bonchev–Trinajstić information content (AvgIpc) is 2.27. The molecule has 3 nitrogen and oxygen atoms in total. The third kappa shape index (κ3) is 1.46. The number of hydrogen-bond acceptors (Lipinski definition) is 3. The number of aromatic nitrogens is 2. The lowest BCUT2D eigenvalue weighted by atomic mass is 9.99. The number of rotatable bonds is 2. The van der Waals surface area contributed by atoms with Gasteiger partial charge in [0.1, 0.15) is 0 Å². The molecule has 0 aliphatic heterocycles. The highest BCUT2D eigenvalue weighted by Gasteiger charge is 2.07. The molecule has 3 heteroatoms. The van der Waals surface area contributed by atoms with Gasteiger partial charge < -0.3 is 5.73 Å². The summed E-state index contributed by atoms with van der Waals surface area (Å²) in [6.45, 7) is 2.74. The van der Waals surface area contributed by atoms with E-state index in [0.717, 1.165) is 10.8 Å². The van der Waals surface area contributed by atoms with Crippen LogP contribution in [0, 0.1) is 0 Å². The van der Waals surface area contributed by atoms with Gasteiger partial charge in [0.2, 0.25) is 0 Å². The third-order valence-corrected chi connectivity index (χ3v) is 2.48. The van der Waals surface area contributed by atoms with Crippen molar-refractivity contribution in [3.8, 4) is 0 Å². The SMILES string of the molecule is CC(CN)c1cncc2ccncc12. The maximum absolute atomic E-state index is 5.65. The van der Waals surface area contributed by atoms with Gasteiger partial charge in [-0.2, -0.15) is 0 Å². The molecule has 2 aromatic rings. The highest BCUT2D eigenvalue weighted by atomic mass is 14.7. The highest BCUT2D eigenvalue weighted by Crippen LogP contribution is 2.22. The van der Waals surface area contributed by atoms with Crippen molar-refractivity contribution in [1.29, 1.82) is 0 Å². The van der Waals surface area contributed by atoms with Gasteiger partial charge in [0, 0.05) is 35.6 Å². The van der Waals surface area contributed by atoms with Crippen molar-refractivity contribution in [3.63, 3.8) is 0 Å². The largest absolute Gasteiger partial charge is 0.330 e. The molecule has 0 spiro atoms. The first kappa shape index (κ1) is 9.09. The fraction of sp³-hybridized carbons (Fsp3) is 0.273. The summed E-state index contributed by atoms with van der Waals surface area (Å²) >= 11 is 0. The van der Waals surface area contributed by atoms with Crippen molar-refractivity contribution in [1.82, 2.24) is 9.97 Å². The third-order valence-electron chi connectivity index (χ3n) is 2.48. The fourth-order valence-corrected chi connectivity index (χ4v) is 1.55. The molecule has 0 aliphatic rings. The van der Waals surface area contributed by atoms with Gasteiger partial charge in [0.25, 0.3) is 0 Å². The fourth-order valence-electron chi connectivity index (χ4n) is 1.55. The lowest BCUT2D eigenvalue weighted by Gasteiger charge is -2.10. The van der Waals surface area contributed by atoms with Crippen LogP contribution in [0.1, 0.15) is 18.4 Å². The van der Waals surface area contributed by atoms with E-state index < -0.39 is 0 Å². The van der Waals surface area contributed by atoms with Crippen LogP contribution in [0.25, 0.3) is 10.8 Å². The molecule has 2 rings (SSSR count). The smallest absolute Gasteiger partial charge is 0.0350 e. The summed E-state index contributed by atoms with van der Waals surface area (Å²) in [7, 11) is 0. The number of pyridine rings is 2. The predicted molar refractivity (Wildman–Crippen MR) is 57.0 cm³/mol. The number of fused-ring (bicyclic) bond motifs is 1. The Kier molecular flexibility index (Phi) is 2.41. The lowest BCUT2D eigenvalue weighted by molar-refractivity contribution is 0.776. The molecular weight excluding hydrogens is 174 g/mol. The Morgan fingerprint density at radius 2 is 2.14 bits per heavy atom. The second-order valence-electron chi connectivity index (χ2n) is 3.46. The first-order chi connectivity index (χ1) is 6.83. The Balaban J connectivity index is 2.65. The van der Waals surface area contributed by atoms with Crippen LogP contribution < -0.4 is 5.73 Å². The summed E-state index contributed by atoms with van der Waals surface area (Å²) in [4.78, 5) is 8.32. The van der Waals surface area contributed by atoms with E-state index in [4.69, 9.17) is 5.73 Å². The molecule has 0 radical (unpaired) electrons. The van der Waals surface area contributed by atoms with E-state index in [1.54, 1.807) is 6.20 Å². The van der Waals surface area contributed by atoms with Crippen LogP contribution in [-0.4, -0.2) is 16.5 Å². The van der Waals surface area contributed by atoms with Crippen LogP contribution in [0.2, 0.25) is 0 Å². The summed E-state index contributed by atoms with van der Waals surface area (Å²) in [5.41, 5.74) is 6.83.